The first-order valence-corrected chi connectivity index (χ1v) is 8.95. The molecule has 0 saturated heterocycles. The monoisotopic (exact) mass is 338 g/mol. The number of rotatable bonds is 7. The van der Waals surface area contributed by atoms with E-state index >= 15 is 0 Å². The molecule has 1 fully saturated rings. The number of amides is 1. The van der Waals surface area contributed by atoms with E-state index in [1.807, 2.05) is 41.3 Å². The van der Waals surface area contributed by atoms with Crippen molar-refractivity contribution in [1.82, 2.24) is 9.88 Å². The number of carbonyl (C=O) groups is 1. The van der Waals surface area contributed by atoms with Crippen LogP contribution >= 0.6 is 0 Å². The Bertz CT molecular complexity index is 708. The lowest BCUT2D eigenvalue weighted by Crippen LogP contribution is -2.44. The summed E-state index contributed by atoms with van der Waals surface area (Å²) in [7, 11) is 1.66. The first-order chi connectivity index (χ1) is 12.1. The molecular formula is C21H26N2O2. The van der Waals surface area contributed by atoms with E-state index in [0.717, 1.165) is 36.1 Å². The Morgan fingerprint density at radius 3 is 2.36 bits per heavy atom. The minimum Gasteiger partial charge on any atom is -0.497 e. The first kappa shape index (κ1) is 17.5. The minimum absolute atomic E-state index is 0.205. The summed E-state index contributed by atoms with van der Waals surface area (Å²) in [6.07, 6.45) is 6.34. The number of hydrogen-bond donors (Lipinski definition) is 0. The Balaban J connectivity index is 1.85. The van der Waals surface area contributed by atoms with Gasteiger partial charge in [-0.1, -0.05) is 19.1 Å². The van der Waals surface area contributed by atoms with E-state index in [4.69, 9.17) is 4.74 Å². The van der Waals surface area contributed by atoms with Crippen molar-refractivity contribution < 1.29 is 9.53 Å². The van der Waals surface area contributed by atoms with Crippen LogP contribution in [0.5, 0.6) is 5.75 Å². The molecule has 1 aromatic heterocycles. The SMILES string of the molecule is CCC(C)N(Cc1ccncc1)C(=O)C1(c2ccc(OC)cc2)CC1. The summed E-state index contributed by atoms with van der Waals surface area (Å²) in [6, 6.07) is 12.1. The molecule has 0 N–H and O–H groups in total. The molecule has 0 spiro atoms. The van der Waals surface area contributed by atoms with Gasteiger partial charge in [-0.15, -0.1) is 0 Å². The lowest BCUT2D eigenvalue weighted by Gasteiger charge is -2.32. The highest BCUT2D eigenvalue weighted by Gasteiger charge is 2.53. The predicted molar refractivity (Wildman–Crippen MR) is 98.4 cm³/mol. The molecule has 4 heteroatoms. The number of hydrogen-bond acceptors (Lipinski definition) is 3. The van der Waals surface area contributed by atoms with Gasteiger partial charge < -0.3 is 9.64 Å². The maximum atomic E-state index is 13.5. The van der Waals surface area contributed by atoms with Crippen LogP contribution < -0.4 is 4.74 Å². The van der Waals surface area contributed by atoms with Crippen LogP contribution in [0.25, 0.3) is 0 Å². The standard InChI is InChI=1S/C21H26N2O2/c1-4-16(2)23(15-17-9-13-22-14-10-17)20(24)21(11-12-21)18-5-7-19(25-3)8-6-18/h5-10,13-14,16H,4,11-12,15H2,1-3H3. The molecule has 1 amide bonds. The number of carbonyl (C=O) groups excluding carboxylic acids is 1. The van der Waals surface area contributed by atoms with E-state index in [0.29, 0.717) is 6.54 Å². The van der Waals surface area contributed by atoms with E-state index in [1.54, 1.807) is 19.5 Å². The molecule has 1 aliphatic rings. The molecule has 3 rings (SSSR count). The largest absolute Gasteiger partial charge is 0.497 e. The third-order valence-electron chi connectivity index (χ3n) is 5.29. The minimum atomic E-state index is -0.358. The highest BCUT2D eigenvalue weighted by atomic mass is 16.5. The molecule has 1 aliphatic carbocycles. The number of methoxy groups -OCH3 is 1. The zero-order valence-electron chi connectivity index (χ0n) is 15.2. The maximum absolute atomic E-state index is 13.5. The van der Waals surface area contributed by atoms with Gasteiger partial charge in [0.15, 0.2) is 0 Å². The van der Waals surface area contributed by atoms with Crippen LogP contribution in [0.4, 0.5) is 0 Å². The molecule has 1 saturated carbocycles. The van der Waals surface area contributed by atoms with Crippen molar-refractivity contribution in [2.45, 2.75) is 51.1 Å². The second-order valence-electron chi connectivity index (χ2n) is 6.86. The predicted octanol–water partition coefficient (Wildman–Crippen LogP) is 3.95. The topological polar surface area (TPSA) is 42.4 Å². The van der Waals surface area contributed by atoms with Crippen LogP contribution in [-0.2, 0) is 16.8 Å². The van der Waals surface area contributed by atoms with Gasteiger partial charge in [0, 0.05) is 25.0 Å². The molecule has 2 aromatic rings. The fraction of sp³-hybridized carbons (Fsp3) is 0.429. The van der Waals surface area contributed by atoms with Gasteiger partial charge in [0.1, 0.15) is 5.75 Å². The number of pyridine rings is 1. The van der Waals surface area contributed by atoms with Crippen LogP contribution in [0, 0.1) is 0 Å². The molecule has 4 nitrogen and oxygen atoms in total. The van der Waals surface area contributed by atoms with Crippen LogP contribution in [0.1, 0.15) is 44.2 Å². The summed E-state index contributed by atoms with van der Waals surface area (Å²) >= 11 is 0. The number of aromatic nitrogens is 1. The normalized spacial score (nSPS) is 16.1. The quantitative estimate of drug-likeness (QED) is 0.768. The van der Waals surface area contributed by atoms with Crippen molar-refractivity contribution in [3.8, 4) is 5.75 Å². The summed E-state index contributed by atoms with van der Waals surface area (Å²) in [4.78, 5) is 19.6. The zero-order valence-corrected chi connectivity index (χ0v) is 15.2. The van der Waals surface area contributed by atoms with Crippen molar-refractivity contribution in [3.63, 3.8) is 0 Å². The van der Waals surface area contributed by atoms with Gasteiger partial charge in [-0.3, -0.25) is 9.78 Å². The summed E-state index contributed by atoms with van der Waals surface area (Å²) in [5.41, 5.74) is 1.86. The summed E-state index contributed by atoms with van der Waals surface area (Å²) in [6.45, 7) is 4.89. The van der Waals surface area contributed by atoms with Gasteiger partial charge in [-0.2, -0.15) is 0 Å². The summed E-state index contributed by atoms with van der Waals surface area (Å²) in [5, 5.41) is 0. The Kier molecular flexibility index (Phi) is 5.07. The van der Waals surface area contributed by atoms with E-state index in [9.17, 15) is 4.79 Å². The number of nitrogens with zero attached hydrogens (tertiary/aromatic N) is 2. The fourth-order valence-electron chi connectivity index (χ4n) is 3.27. The summed E-state index contributed by atoms with van der Waals surface area (Å²) in [5.74, 6) is 1.06. The Hall–Kier alpha value is -2.36. The van der Waals surface area contributed by atoms with Crippen LogP contribution in [0.15, 0.2) is 48.8 Å². The Labute approximate surface area is 149 Å². The Morgan fingerprint density at radius 2 is 1.84 bits per heavy atom. The second-order valence-corrected chi connectivity index (χ2v) is 6.86. The van der Waals surface area contributed by atoms with Crippen LogP contribution in [-0.4, -0.2) is 28.9 Å². The van der Waals surface area contributed by atoms with Crippen LogP contribution in [0.3, 0.4) is 0 Å². The second kappa shape index (κ2) is 7.26. The van der Waals surface area contributed by atoms with Gasteiger partial charge in [-0.25, -0.2) is 0 Å². The number of benzene rings is 1. The fourth-order valence-corrected chi connectivity index (χ4v) is 3.27. The lowest BCUT2D eigenvalue weighted by molar-refractivity contribution is -0.136. The third-order valence-corrected chi connectivity index (χ3v) is 5.29. The average Bonchev–Trinajstić information content (AvgIpc) is 3.48. The molecule has 25 heavy (non-hydrogen) atoms. The van der Waals surface area contributed by atoms with E-state index < -0.39 is 0 Å². The van der Waals surface area contributed by atoms with Crippen molar-refractivity contribution in [2.75, 3.05) is 7.11 Å². The smallest absolute Gasteiger partial charge is 0.233 e. The van der Waals surface area contributed by atoms with Crippen LogP contribution in [0.2, 0.25) is 0 Å². The van der Waals surface area contributed by atoms with Crippen molar-refractivity contribution >= 4 is 5.91 Å². The molecule has 1 atom stereocenters. The zero-order chi connectivity index (χ0) is 17.9. The molecule has 1 aromatic carbocycles. The van der Waals surface area contributed by atoms with E-state index in [2.05, 4.69) is 18.8 Å². The molecule has 0 aliphatic heterocycles. The van der Waals surface area contributed by atoms with Crippen molar-refractivity contribution in [3.05, 3.63) is 59.9 Å². The molecular weight excluding hydrogens is 312 g/mol. The van der Waals surface area contributed by atoms with Gasteiger partial charge in [0.05, 0.1) is 12.5 Å². The molecule has 0 radical (unpaired) electrons. The third kappa shape index (κ3) is 3.53. The van der Waals surface area contributed by atoms with Crippen molar-refractivity contribution in [2.24, 2.45) is 0 Å². The van der Waals surface area contributed by atoms with Gasteiger partial charge in [0.2, 0.25) is 5.91 Å². The maximum Gasteiger partial charge on any atom is 0.233 e. The Morgan fingerprint density at radius 1 is 1.20 bits per heavy atom. The van der Waals surface area contributed by atoms with Crippen molar-refractivity contribution in [1.29, 1.82) is 0 Å². The van der Waals surface area contributed by atoms with E-state index in [1.165, 1.54) is 0 Å². The molecule has 132 valence electrons. The van der Waals surface area contributed by atoms with Gasteiger partial charge in [0.25, 0.3) is 0 Å². The summed E-state index contributed by atoms with van der Waals surface area (Å²) < 4.78 is 5.24. The lowest BCUT2D eigenvalue weighted by atomic mass is 9.93. The average molecular weight is 338 g/mol. The molecule has 1 unspecified atom stereocenters. The van der Waals surface area contributed by atoms with Gasteiger partial charge in [-0.05, 0) is 61.6 Å². The number of ether oxygens (including phenoxy) is 1. The first-order valence-electron chi connectivity index (χ1n) is 8.95. The van der Waals surface area contributed by atoms with Gasteiger partial charge >= 0.3 is 0 Å². The highest BCUT2D eigenvalue weighted by Crippen LogP contribution is 2.50. The molecule has 0 bridgehead atoms. The molecule has 1 heterocycles. The highest BCUT2D eigenvalue weighted by molar-refractivity contribution is 5.91. The van der Waals surface area contributed by atoms with E-state index in [-0.39, 0.29) is 17.4 Å².